The van der Waals surface area contributed by atoms with E-state index in [2.05, 4.69) is 39.8 Å². The minimum absolute atomic E-state index is 0.756. The largest absolute Gasteiger partial charge is 0.0883 e. The van der Waals surface area contributed by atoms with Crippen molar-refractivity contribution in [1.82, 2.24) is 0 Å². The molecule has 0 aliphatic carbocycles. The van der Waals surface area contributed by atoms with Gasteiger partial charge in [0.1, 0.15) is 0 Å². The lowest BCUT2D eigenvalue weighted by atomic mass is 9.93. The van der Waals surface area contributed by atoms with Gasteiger partial charge in [0.15, 0.2) is 0 Å². The highest BCUT2D eigenvalue weighted by molar-refractivity contribution is 4.88. The van der Waals surface area contributed by atoms with Crippen LogP contribution in [0.5, 0.6) is 0 Å². The predicted octanol–water partition coefficient (Wildman–Crippen LogP) is 4.42. The van der Waals surface area contributed by atoms with Crippen LogP contribution in [0.1, 0.15) is 53.4 Å². The van der Waals surface area contributed by atoms with Crippen molar-refractivity contribution in [3.63, 3.8) is 0 Å². The molecule has 0 amide bonds. The zero-order valence-electron chi connectivity index (χ0n) is 9.14. The molecule has 0 nitrogen and oxygen atoms in total. The molecule has 0 aliphatic rings. The smallest absolute Gasteiger partial charge is 0.0236 e. The Labute approximate surface area is 78.1 Å². The molecule has 2 unspecified atom stereocenters. The van der Waals surface area contributed by atoms with Crippen molar-refractivity contribution in [1.29, 1.82) is 0 Å². The summed E-state index contributed by atoms with van der Waals surface area (Å²) in [5.74, 6) is 1.59. The van der Waals surface area contributed by atoms with Crippen molar-refractivity contribution >= 4 is 0 Å². The Morgan fingerprint density at radius 1 is 1.17 bits per heavy atom. The zero-order valence-corrected chi connectivity index (χ0v) is 9.14. The van der Waals surface area contributed by atoms with Crippen LogP contribution < -0.4 is 0 Å². The average molecular weight is 168 g/mol. The second-order valence-electron chi connectivity index (χ2n) is 3.82. The molecule has 0 bridgehead atoms. The molecule has 72 valence electrons. The van der Waals surface area contributed by atoms with Crippen molar-refractivity contribution < 1.29 is 0 Å². The van der Waals surface area contributed by atoms with Crippen molar-refractivity contribution in [2.45, 2.75) is 53.4 Å². The third kappa shape index (κ3) is 5.40. The summed E-state index contributed by atoms with van der Waals surface area (Å²) in [5, 5.41) is 0. The molecule has 0 rings (SSSR count). The molecular formula is C12H24. The number of allylic oxidation sites excluding steroid dienone is 2. The van der Waals surface area contributed by atoms with E-state index >= 15 is 0 Å². The monoisotopic (exact) mass is 168 g/mol. The SMILES string of the molecule is CCCC/C=C/C(C)C(C)CC. The van der Waals surface area contributed by atoms with Crippen molar-refractivity contribution in [3.8, 4) is 0 Å². The Hall–Kier alpha value is -0.260. The minimum atomic E-state index is 0.756. The molecule has 0 aromatic heterocycles. The third-order valence-corrected chi connectivity index (χ3v) is 2.71. The van der Waals surface area contributed by atoms with E-state index in [4.69, 9.17) is 0 Å². The van der Waals surface area contributed by atoms with Gasteiger partial charge in [-0.25, -0.2) is 0 Å². The van der Waals surface area contributed by atoms with Gasteiger partial charge >= 0.3 is 0 Å². The van der Waals surface area contributed by atoms with Gasteiger partial charge in [-0.15, -0.1) is 0 Å². The number of hydrogen-bond acceptors (Lipinski definition) is 0. The molecule has 0 saturated heterocycles. The van der Waals surface area contributed by atoms with E-state index in [9.17, 15) is 0 Å². The van der Waals surface area contributed by atoms with Crippen molar-refractivity contribution in [2.75, 3.05) is 0 Å². The molecule has 0 heteroatoms. The number of hydrogen-bond donors (Lipinski definition) is 0. The summed E-state index contributed by atoms with van der Waals surface area (Å²) >= 11 is 0. The van der Waals surface area contributed by atoms with Gasteiger partial charge in [-0.1, -0.05) is 59.1 Å². The molecule has 0 radical (unpaired) electrons. The van der Waals surface area contributed by atoms with Gasteiger partial charge in [-0.05, 0) is 18.3 Å². The molecule has 0 saturated carbocycles. The van der Waals surface area contributed by atoms with Crippen LogP contribution in [0.25, 0.3) is 0 Å². The van der Waals surface area contributed by atoms with Gasteiger partial charge in [-0.3, -0.25) is 0 Å². The number of unbranched alkanes of at least 4 members (excludes halogenated alkanes) is 2. The third-order valence-electron chi connectivity index (χ3n) is 2.71. The highest BCUT2D eigenvalue weighted by atomic mass is 14.1. The Morgan fingerprint density at radius 3 is 2.33 bits per heavy atom. The fraction of sp³-hybridized carbons (Fsp3) is 0.833. The maximum Gasteiger partial charge on any atom is -0.0236 e. The molecule has 0 aromatic rings. The van der Waals surface area contributed by atoms with Gasteiger partial charge in [0.25, 0.3) is 0 Å². The molecule has 0 N–H and O–H groups in total. The molecule has 2 atom stereocenters. The van der Waals surface area contributed by atoms with Gasteiger partial charge in [-0.2, -0.15) is 0 Å². The van der Waals surface area contributed by atoms with Gasteiger partial charge in [0.2, 0.25) is 0 Å². The first-order chi connectivity index (χ1) is 5.72. The maximum atomic E-state index is 2.38. The summed E-state index contributed by atoms with van der Waals surface area (Å²) in [5.41, 5.74) is 0. The Bertz CT molecular complexity index is 113. The fourth-order valence-corrected chi connectivity index (χ4v) is 1.19. The summed E-state index contributed by atoms with van der Waals surface area (Å²) in [7, 11) is 0. The van der Waals surface area contributed by atoms with Crippen LogP contribution in [0.15, 0.2) is 12.2 Å². The van der Waals surface area contributed by atoms with Crippen LogP contribution in [0.4, 0.5) is 0 Å². The molecule has 0 spiro atoms. The molecule has 0 heterocycles. The van der Waals surface area contributed by atoms with Gasteiger partial charge < -0.3 is 0 Å². The molecule has 0 aromatic carbocycles. The normalized spacial score (nSPS) is 16.7. The summed E-state index contributed by atoms with van der Waals surface area (Å²) in [6.07, 6.45) is 9.92. The number of rotatable bonds is 6. The fourth-order valence-electron chi connectivity index (χ4n) is 1.19. The van der Waals surface area contributed by atoms with Crippen molar-refractivity contribution in [2.24, 2.45) is 11.8 Å². The summed E-state index contributed by atoms with van der Waals surface area (Å²) < 4.78 is 0. The zero-order chi connectivity index (χ0) is 9.40. The maximum absolute atomic E-state index is 2.38. The topological polar surface area (TPSA) is 0 Å². The lowest BCUT2D eigenvalue weighted by Gasteiger charge is -2.13. The summed E-state index contributed by atoms with van der Waals surface area (Å²) in [6, 6.07) is 0. The van der Waals surface area contributed by atoms with E-state index in [1.165, 1.54) is 25.7 Å². The Balaban J connectivity index is 3.52. The van der Waals surface area contributed by atoms with E-state index in [1.807, 2.05) is 0 Å². The van der Waals surface area contributed by atoms with E-state index in [0.29, 0.717) is 0 Å². The van der Waals surface area contributed by atoms with Crippen LogP contribution >= 0.6 is 0 Å². The van der Waals surface area contributed by atoms with E-state index in [0.717, 1.165) is 11.8 Å². The summed E-state index contributed by atoms with van der Waals surface area (Å²) in [4.78, 5) is 0. The van der Waals surface area contributed by atoms with Crippen LogP contribution in [0.2, 0.25) is 0 Å². The second-order valence-corrected chi connectivity index (χ2v) is 3.82. The minimum Gasteiger partial charge on any atom is -0.0883 e. The molecule has 12 heavy (non-hydrogen) atoms. The van der Waals surface area contributed by atoms with E-state index in [-0.39, 0.29) is 0 Å². The first-order valence-corrected chi connectivity index (χ1v) is 5.39. The second kappa shape index (κ2) is 7.39. The molecule has 0 aliphatic heterocycles. The van der Waals surface area contributed by atoms with Crippen LogP contribution in [-0.2, 0) is 0 Å². The lowest BCUT2D eigenvalue weighted by Crippen LogP contribution is -2.02. The van der Waals surface area contributed by atoms with Gasteiger partial charge in [0, 0.05) is 0 Å². The highest BCUT2D eigenvalue weighted by Crippen LogP contribution is 2.15. The predicted molar refractivity (Wildman–Crippen MR) is 57.3 cm³/mol. The standard InChI is InChI=1S/C12H24/c1-5-7-8-9-10-12(4)11(3)6-2/h9-12H,5-8H2,1-4H3/b10-9+. The van der Waals surface area contributed by atoms with Crippen LogP contribution in [0.3, 0.4) is 0 Å². The van der Waals surface area contributed by atoms with Crippen molar-refractivity contribution in [3.05, 3.63) is 12.2 Å². The molecule has 0 fully saturated rings. The Kier molecular flexibility index (Phi) is 7.23. The van der Waals surface area contributed by atoms with E-state index < -0.39 is 0 Å². The molecular weight excluding hydrogens is 144 g/mol. The van der Waals surface area contributed by atoms with E-state index in [1.54, 1.807) is 0 Å². The van der Waals surface area contributed by atoms with Gasteiger partial charge in [0.05, 0.1) is 0 Å². The summed E-state index contributed by atoms with van der Waals surface area (Å²) in [6.45, 7) is 9.15. The Morgan fingerprint density at radius 2 is 1.83 bits per heavy atom. The van der Waals surface area contributed by atoms with Crippen LogP contribution in [-0.4, -0.2) is 0 Å². The van der Waals surface area contributed by atoms with Crippen LogP contribution in [0, 0.1) is 11.8 Å². The highest BCUT2D eigenvalue weighted by Gasteiger charge is 2.04. The first kappa shape index (κ1) is 11.7. The lowest BCUT2D eigenvalue weighted by molar-refractivity contribution is 0.445. The average Bonchev–Trinajstić information content (AvgIpc) is 2.10. The first-order valence-electron chi connectivity index (χ1n) is 5.39. The quantitative estimate of drug-likeness (QED) is 0.407.